The van der Waals surface area contributed by atoms with Crippen molar-refractivity contribution in [3.05, 3.63) is 59.9 Å². The molecule has 0 bridgehead atoms. The number of carbonyl (C=O) groups is 1. The van der Waals surface area contributed by atoms with E-state index < -0.39 is 5.82 Å². The summed E-state index contributed by atoms with van der Waals surface area (Å²) in [5, 5.41) is 2.77. The van der Waals surface area contributed by atoms with Gasteiger partial charge >= 0.3 is 0 Å². The van der Waals surface area contributed by atoms with Gasteiger partial charge in [0.2, 0.25) is 0 Å². The Balaban J connectivity index is 1.67. The van der Waals surface area contributed by atoms with Gasteiger partial charge < -0.3 is 14.8 Å². The number of ether oxygens (including phenoxy) is 2. The van der Waals surface area contributed by atoms with Crippen molar-refractivity contribution in [3.63, 3.8) is 0 Å². The number of aryl methyl sites for hydroxylation is 1. The van der Waals surface area contributed by atoms with Crippen molar-refractivity contribution in [3.8, 4) is 11.5 Å². The molecule has 5 heteroatoms. The molecular weight excluding hydrogens is 321 g/mol. The summed E-state index contributed by atoms with van der Waals surface area (Å²) in [4.78, 5) is 11.7. The van der Waals surface area contributed by atoms with Crippen LogP contribution in [0.15, 0.2) is 48.5 Å². The smallest absolute Gasteiger partial charge is 0.257 e. The summed E-state index contributed by atoms with van der Waals surface area (Å²) in [7, 11) is 0. The molecule has 0 radical (unpaired) electrons. The second-order valence-corrected chi connectivity index (χ2v) is 5.99. The second kappa shape index (κ2) is 9.67. The van der Waals surface area contributed by atoms with Crippen LogP contribution in [-0.4, -0.2) is 25.2 Å². The van der Waals surface area contributed by atoms with Crippen molar-refractivity contribution < 1.29 is 18.7 Å². The van der Waals surface area contributed by atoms with Gasteiger partial charge in [-0.25, -0.2) is 4.39 Å². The third-order valence-electron chi connectivity index (χ3n) is 3.43. The molecule has 4 nitrogen and oxygen atoms in total. The monoisotopic (exact) mass is 345 g/mol. The van der Waals surface area contributed by atoms with Gasteiger partial charge in [-0.3, -0.25) is 4.79 Å². The van der Waals surface area contributed by atoms with E-state index in [9.17, 15) is 9.18 Å². The van der Waals surface area contributed by atoms with Crippen LogP contribution in [0.1, 0.15) is 25.8 Å². The maximum absolute atomic E-state index is 13.4. The van der Waals surface area contributed by atoms with E-state index in [0.717, 1.165) is 24.2 Å². The summed E-state index contributed by atoms with van der Waals surface area (Å²) in [6.07, 6.45) is 1.78. The summed E-state index contributed by atoms with van der Waals surface area (Å²) < 4.78 is 24.2. The number of carbonyl (C=O) groups excluding carboxylic acids is 1. The zero-order chi connectivity index (χ0) is 18.1. The molecule has 1 N–H and O–H groups in total. The fourth-order valence-corrected chi connectivity index (χ4v) is 2.32. The molecule has 0 aromatic heterocycles. The van der Waals surface area contributed by atoms with Gasteiger partial charge in [0.15, 0.2) is 18.2 Å². The van der Waals surface area contributed by atoms with Gasteiger partial charge in [0.05, 0.1) is 6.10 Å². The van der Waals surface area contributed by atoms with Crippen molar-refractivity contribution in [2.24, 2.45) is 0 Å². The highest BCUT2D eigenvalue weighted by Crippen LogP contribution is 2.16. The third-order valence-corrected chi connectivity index (χ3v) is 3.43. The van der Waals surface area contributed by atoms with Crippen LogP contribution in [0.5, 0.6) is 11.5 Å². The third kappa shape index (κ3) is 6.83. The lowest BCUT2D eigenvalue weighted by atomic mass is 10.1. The van der Waals surface area contributed by atoms with Gasteiger partial charge in [0.25, 0.3) is 5.91 Å². The number of nitrogens with one attached hydrogen (secondary N) is 1. The molecule has 2 aromatic carbocycles. The Morgan fingerprint density at radius 2 is 1.96 bits per heavy atom. The number of amides is 1. The summed E-state index contributed by atoms with van der Waals surface area (Å²) in [5.41, 5.74) is 1.16. The Kier molecular flexibility index (Phi) is 7.26. The number of halogens is 1. The summed E-state index contributed by atoms with van der Waals surface area (Å²) in [6, 6.07) is 14.0. The molecule has 0 aliphatic heterocycles. The Bertz CT molecular complexity index is 688. The molecule has 1 amide bonds. The Morgan fingerprint density at radius 3 is 2.72 bits per heavy atom. The molecule has 0 heterocycles. The van der Waals surface area contributed by atoms with E-state index in [1.165, 1.54) is 12.1 Å². The highest BCUT2D eigenvalue weighted by molar-refractivity contribution is 5.77. The first-order chi connectivity index (χ1) is 12.0. The molecule has 0 aliphatic carbocycles. The van der Waals surface area contributed by atoms with Crippen LogP contribution >= 0.6 is 0 Å². The highest BCUT2D eigenvalue weighted by Gasteiger charge is 2.06. The minimum Gasteiger partial charge on any atom is -0.491 e. The van der Waals surface area contributed by atoms with E-state index in [-0.39, 0.29) is 24.4 Å². The standard InChI is InChI=1S/C20H24FNO3/c1-15(2)25-17-9-5-7-16(13-17)8-6-12-22-20(23)14-24-19-11-4-3-10-18(19)21/h3-5,7,9-11,13,15H,6,8,12,14H2,1-2H3,(H,22,23). The molecule has 0 saturated carbocycles. The van der Waals surface area contributed by atoms with Crippen molar-refractivity contribution in [1.29, 1.82) is 0 Å². The lowest BCUT2D eigenvalue weighted by Crippen LogP contribution is -2.30. The van der Waals surface area contributed by atoms with Crippen molar-refractivity contribution >= 4 is 5.91 Å². The Labute approximate surface area is 148 Å². The predicted molar refractivity (Wildman–Crippen MR) is 95.4 cm³/mol. The normalized spacial score (nSPS) is 10.6. The van der Waals surface area contributed by atoms with E-state index >= 15 is 0 Å². The first-order valence-corrected chi connectivity index (χ1v) is 8.44. The van der Waals surface area contributed by atoms with Gasteiger partial charge in [-0.2, -0.15) is 0 Å². The maximum atomic E-state index is 13.4. The number of rotatable bonds is 9. The predicted octanol–water partition coefficient (Wildman–Crippen LogP) is 3.74. The fraction of sp³-hybridized carbons (Fsp3) is 0.350. The summed E-state index contributed by atoms with van der Waals surface area (Å²) in [6.45, 7) is 4.32. The lowest BCUT2D eigenvalue weighted by Gasteiger charge is -2.11. The van der Waals surface area contributed by atoms with Crippen molar-refractivity contribution in [2.45, 2.75) is 32.8 Å². The molecule has 0 saturated heterocycles. The minimum absolute atomic E-state index is 0.0830. The molecule has 0 spiro atoms. The van der Waals surface area contributed by atoms with Crippen molar-refractivity contribution in [1.82, 2.24) is 5.32 Å². The molecule has 2 aromatic rings. The zero-order valence-corrected chi connectivity index (χ0v) is 14.6. The molecule has 0 atom stereocenters. The fourth-order valence-electron chi connectivity index (χ4n) is 2.32. The first-order valence-electron chi connectivity index (χ1n) is 8.44. The largest absolute Gasteiger partial charge is 0.491 e. The van der Waals surface area contributed by atoms with E-state index in [1.807, 2.05) is 38.1 Å². The average Bonchev–Trinajstić information content (AvgIpc) is 2.58. The first kappa shape index (κ1) is 18.8. The molecule has 0 unspecified atom stereocenters. The lowest BCUT2D eigenvalue weighted by molar-refractivity contribution is -0.123. The molecule has 0 aliphatic rings. The van der Waals surface area contributed by atoms with Crippen LogP contribution in [0.2, 0.25) is 0 Å². The van der Waals surface area contributed by atoms with E-state index in [2.05, 4.69) is 5.32 Å². The van der Waals surface area contributed by atoms with Crippen LogP contribution < -0.4 is 14.8 Å². The minimum atomic E-state index is -0.473. The molecular formula is C20H24FNO3. The van der Waals surface area contributed by atoms with Gasteiger partial charge in [0, 0.05) is 6.54 Å². The maximum Gasteiger partial charge on any atom is 0.257 e. The van der Waals surface area contributed by atoms with Gasteiger partial charge in [0.1, 0.15) is 5.75 Å². The Morgan fingerprint density at radius 1 is 1.16 bits per heavy atom. The highest BCUT2D eigenvalue weighted by atomic mass is 19.1. The molecule has 134 valence electrons. The Hall–Kier alpha value is -2.56. The van der Waals surface area contributed by atoms with E-state index in [0.29, 0.717) is 6.54 Å². The number of para-hydroxylation sites is 1. The molecule has 0 fully saturated rings. The summed E-state index contributed by atoms with van der Waals surface area (Å²) in [5.74, 6) is 0.202. The van der Waals surface area contributed by atoms with Crippen LogP contribution in [0, 0.1) is 5.82 Å². The number of benzene rings is 2. The van der Waals surface area contributed by atoms with Gasteiger partial charge in [-0.05, 0) is 56.5 Å². The molecule has 2 rings (SSSR count). The SMILES string of the molecule is CC(C)Oc1cccc(CCCNC(=O)COc2ccccc2F)c1. The van der Waals surface area contributed by atoms with E-state index in [1.54, 1.807) is 12.1 Å². The van der Waals surface area contributed by atoms with Gasteiger partial charge in [-0.15, -0.1) is 0 Å². The summed E-state index contributed by atoms with van der Waals surface area (Å²) >= 11 is 0. The van der Waals surface area contributed by atoms with Crippen LogP contribution in [0.25, 0.3) is 0 Å². The second-order valence-electron chi connectivity index (χ2n) is 5.99. The quantitative estimate of drug-likeness (QED) is 0.704. The van der Waals surface area contributed by atoms with Crippen molar-refractivity contribution in [2.75, 3.05) is 13.2 Å². The zero-order valence-electron chi connectivity index (χ0n) is 14.6. The van der Waals surface area contributed by atoms with Crippen LogP contribution in [-0.2, 0) is 11.2 Å². The topological polar surface area (TPSA) is 47.6 Å². The van der Waals surface area contributed by atoms with Crippen LogP contribution in [0.3, 0.4) is 0 Å². The number of hydrogen-bond acceptors (Lipinski definition) is 3. The number of hydrogen-bond donors (Lipinski definition) is 1. The molecule has 25 heavy (non-hydrogen) atoms. The van der Waals surface area contributed by atoms with Crippen LogP contribution in [0.4, 0.5) is 4.39 Å². The van der Waals surface area contributed by atoms with E-state index in [4.69, 9.17) is 9.47 Å². The average molecular weight is 345 g/mol. The van der Waals surface area contributed by atoms with Gasteiger partial charge in [-0.1, -0.05) is 24.3 Å².